The van der Waals surface area contributed by atoms with Gasteiger partial charge in [0.2, 0.25) is 5.78 Å². The first-order valence-electron chi connectivity index (χ1n) is 5.83. The van der Waals surface area contributed by atoms with Crippen LogP contribution in [-0.4, -0.2) is 18.9 Å². The number of methoxy groups -OCH3 is 1. The number of benzene rings is 1. The monoisotopic (exact) mass is 258 g/mol. The van der Waals surface area contributed by atoms with Crippen molar-refractivity contribution in [2.45, 2.75) is 13.8 Å². The van der Waals surface area contributed by atoms with E-state index in [0.717, 1.165) is 22.8 Å². The Morgan fingerprint density at radius 2 is 1.89 bits per heavy atom. The highest BCUT2D eigenvalue weighted by Gasteiger charge is 2.24. The van der Waals surface area contributed by atoms with Crippen molar-refractivity contribution in [1.82, 2.24) is 0 Å². The molecule has 4 heteroatoms. The first kappa shape index (κ1) is 13.1. The fraction of sp³-hybridized carbons (Fsp3) is 0.200. The van der Waals surface area contributed by atoms with Crippen molar-refractivity contribution < 1.29 is 19.1 Å². The van der Waals surface area contributed by atoms with E-state index in [1.165, 1.54) is 13.2 Å². The molecule has 0 unspecified atom stereocenters. The minimum Gasteiger partial charge on any atom is -0.466 e. The second-order valence-electron chi connectivity index (χ2n) is 4.27. The van der Waals surface area contributed by atoms with E-state index in [1.807, 2.05) is 32.0 Å². The third kappa shape index (κ3) is 2.57. The van der Waals surface area contributed by atoms with Crippen LogP contribution >= 0.6 is 0 Å². The second-order valence-corrected chi connectivity index (χ2v) is 4.27. The van der Waals surface area contributed by atoms with Crippen molar-refractivity contribution in [1.29, 1.82) is 0 Å². The van der Waals surface area contributed by atoms with Gasteiger partial charge >= 0.3 is 5.97 Å². The van der Waals surface area contributed by atoms with Crippen LogP contribution in [-0.2, 0) is 19.1 Å². The number of ketones is 1. The number of esters is 1. The molecule has 0 N–H and O–H groups in total. The van der Waals surface area contributed by atoms with Gasteiger partial charge in [-0.2, -0.15) is 0 Å². The number of aryl methyl sites for hydroxylation is 2. The van der Waals surface area contributed by atoms with E-state index < -0.39 is 5.97 Å². The summed E-state index contributed by atoms with van der Waals surface area (Å²) in [5.41, 5.74) is 2.90. The van der Waals surface area contributed by atoms with Crippen LogP contribution in [0, 0.1) is 13.8 Å². The molecule has 0 aromatic heterocycles. The number of carbonyl (C=O) groups excluding carboxylic acids is 2. The molecule has 0 saturated heterocycles. The Morgan fingerprint density at radius 1 is 1.26 bits per heavy atom. The summed E-state index contributed by atoms with van der Waals surface area (Å²) in [7, 11) is 1.25. The first-order valence-corrected chi connectivity index (χ1v) is 5.83. The van der Waals surface area contributed by atoms with Crippen molar-refractivity contribution in [3.8, 4) is 0 Å². The van der Waals surface area contributed by atoms with Gasteiger partial charge in [0.15, 0.2) is 5.76 Å². The van der Waals surface area contributed by atoms with E-state index in [4.69, 9.17) is 4.74 Å². The van der Waals surface area contributed by atoms with Crippen LogP contribution in [0.5, 0.6) is 0 Å². The maximum atomic E-state index is 11.8. The summed E-state index contributed by atoms with van der Waals surface area (Å²) in [6.45, 7) is 3.89. The fourth-order valence-electron chi connectivity index (χ4n) is 1.98. The smallest absolute Gasteiger partial charge is 0.334 e. The number of carbonyl (C=O) groups is 2. The SMILES string of the molecule is COC(=O)/C=C1/OC(c2c(C)cccc2C)=CC1=O. The predicted molar refractivity (Wildman–Crippen MR) is 70.1 cm³/mol. The van der Waals surface area contributed by atoms with Crippen LogP contribution in [0.25, 0.3) is 5.76 Å². The van der Waals surface area contributed by atoms with Crippen molar-refractivity contribution in [3.05, 3.63) is 52.8 Å². The summed E-state index contributed by atoms with van der Waals surface area (Å²) in [4.78, 5) is 22.9. The summed E-state index contributed by atoms with van der Waals surface area (Å²) >= 11 is 0. The molecule has 0 bridgehead atoms. The molecule has 1 aliphatic heterocycles. The highest BCUT2D eigenvalue weighted by molar-refractivity contribution is 6.12. The summed E-state index contributed by atoms with van der Waals surface area (Å²) in [5, 5.41) is 0. The zero-order valence-corrected chi connectivity index (χ0v) is 11.0. The molecule has 1 aromatic rings. The van der Waals surface area contributed by atoms with Gasteiger partial charge in [0.05, 0.1) is 13.2 Å². The van der Waals surface area contributed by atoms with Crippen molar-refractivity contribution in [2.75, 3.05) is 7.11 Å². The van der Waals surface area contributed by atoms with Gasteiger partial charge in [-0.3, -0.25) is 4.79 Å². The molecule has 0 amide bonds. The number of ether oxygens (including phenoxy) is 2. The predicted octanol–water partition coefficient (Wildman–Crippen LogP) is 2.30. The van der Waals surface area contributed by atoms with E-state index in [2.05, 4.69) is 4.74 Å². The van der Waals surface area contributed by atoms with Gasteiger partial charge in [-0.15, -0.1) is 0 Å². The number of hydrogen-bond acceptors (Lipinski definition) is 4. The van der Waals surface area contributed by atoms with Gasteiger partial charge in [-0.1, -0.05) is 18.2 Å². The molecule has 0 fully saturated rings. The van der Waals surface area contributed by atoms with Gasteiger partial charge in [0.1, 0.15) is 5.76 Å². The third-order valence-corrected chi connectivity index (χ3v) is 2.90. The van der Waals surface area contributed by atoms with Gasteiger partial charge < -0.3 is 9.47 Å². The molecule has 98 valence electrons. The van der Waals surface area contributed by atoms with Crippen LogP contribution < -0.4 is 0 Å². The molecule has 0 saturated carbocycles. The summed E-state index contributed by atoms with van der Waals surface area (Å²) in [5.74, 6) is -0.484. The topological polar surface area (TPSA) is 52.6 Å². The zero-order valence-electron chi connectivity index (χ0n) is 11.0. The summed E-state index contributed by atoms with van der Waals surface area (Å²) < 4.78 is 9.94. The Hall–Kier alpha value is -2.36. The van der Waals surface area contributed by atoms with Crippen molar-refractivity contribution in [3.63, 3.8) is 0 Å². The molecule has 1 aliphatic rings. The lowest BCUT2D eigenvalue weighted by molar-refractivity contribution is -0.135. The number of rotatable bonds is 2. The summed E-state index contributed by atoms with van der Waals surface area (Å²) in [6, 6.07) is 5.83. The highest BCUT2D eigenvalue weighted by atomic mass is 16.5. The van der Waals surface area contributed by atoms with E-state index in [0.29, 0.717) is 5.76 Å². The number of allylic oxidation sites excluding steroid dienone is 1. The van der Waals surface area contributed by atoms with E-state index in [9.17, 15) is 9.59 Å². The normalized spacial score (nSPS) is 16.3. The van der Waals surface area contributed by atoms with Crippen molar-refractivity contribution in [2.24, 2.45) is 0 Å². The Bertz CT molecular complexity index is 588. The molecule has 2 rings (SSSR count). The van der Waals surface area contributed by atoms with Gasteiger partial charge in [-0.05, 0) is 25.0 Å². The van der Waals surface area contributed by atoms with E-state index in [1.54, 1.807) is 0 Å². The molecule has 0 radical (unpaired) electrons. The molecule has 0 spiro atoms. The zero-order chi connectivity index (χ0) is 14.0. The number of hydrogen-bond donors (Lipinski definition) is 0. The minimum absolute atomic E-state index is 0.00972. The minimum atomic E-state index is -0.612. The highest BCUT2D eigenvalue weighted by Crippen LogP contribution is 2.30. The van der Waals surface area contributed by atoms with Gasteiger partial charge in [0.25, 0.3) is 0 Å². The maximum Gasteiger partial charge on any atom is 0.334 e. The Labute approximate surface area is 111 Å². The average molecular weight is 258 g/mol. The molecular weight excluding hydrogens is 244 g/mol. The molecule has 19 heavy (non-hydrogen) atoms. The molecule has 0 aliphatic carbocycles. The Morgan fingerprint density at radius 3 is 2.47 bits per heavy atom. The Balaban J connectivity index is 2.36. The molecule has 1 heterocycles. The van der Waals surface area contributed by atoms with Crippen molar-refractivity contribution >= 4 is 17.5 Å². The molecule has 4 nitrogen and oxygen atoms in total. The van der Waals surface area contributed by atoms with Crippen LogP contribution in [0.15, 0.2) is 36.1 Å². The second kappa shape index (κ2) is 5.10. The Kier molecular flexibility index (Phi) is 3.51. The standard InChI is InChI=1S/C15H14O4/c1-9-5-4-6-10(2)15(9)13-7-11(16)12(19-13)8-14(17)18-3/h4-8H,1-3H3/b12-8+. The van der Waals surface area contributed by atoms with E-state index >= 15 is 0 Å². The quantitative estimate of drug-likeness (QED) is 0.603. The summed E-state index contributed by atoms with van der Waals surface area (Å²) in [6.07, 6.45) is 2.45. The lowest BCUT2D eigenvalue weighted by atomic mass is 10.0. The van der Waals surface area contributed by atoms with Crippen LogP contribution in [0.2, 0.25) is 0 Å². The fourth-order valence-corrected chi connectivity index (χ4v) is 1.98. The van der Waals surface area contributed by atoms with E-state index in [-0.39, 0.29) is 11.5 Å². The first-order chi connectivity index (χ1) is 9.02. The van der Waals surface area contributed by atoms with Crippen LogP contribution in [0.3, 0.4) is 0 Å². The maximum absolute atomic E-state index is 11.8. The molecular formula is C15H14O4. The largest absolute Gasteiger partial charge is 0.466 e. The van der Waals surface area contributed by atoms with Crippen LogP contribution in [0.1, 0.15) is 16.7 Å². The lowest BCUT2D eigenvalue weighted by Gasteiger charge is -2.10. The lowest BCUT2D eigenvalue weighted by Crippen LogP contribution is -2.01. The molecule has 0 atom stereocenters. The van der Waals surface area contributed by atoms with Gasteiger partial charge in [0, 0.05) is 11.6 Å². The third-order valence-electron chi connectivity index (χ3n) is 2.90. The average Bonchev–Trinajstić information content (AvgIpc) is 2.70. The van der Waals surface area contributed by atoms with Crippen LogP contribution in [0.4, 0.5) is 0 Å². The van der Waals surface area contributed by atoms with Gasteiger partial charge in [-0.25, -0.2) is 4.79 Å². The molecule has 1 aromatic carbocycles.